The molecule has 0 amide bonds. The second kappa shape index (κ2) is 5.28. The van der Waals surface area contributed by atoms with E-state index in [2.05, 4.69) is 20.7 Å². The van der Waals surface area contributed by atoms with E-state index >= 15 is 0 Å². The van der Waals surface area contributed by atoms with Crippen LogP contribution in [0.1, 0.15) is 0 Å². The predicted molar refractivity (Wildman–Crippen MR) is 75.9 cm³/mol. The predicted octanol–water partition coefficient (Wildman–Crippen LogP) is 3.81. The molecule has 0 atom stereocenters. The summed E-state index contributed by atoms with van der Waals surface area (Å²) in [4.78, 5) is 0. The van der Waals surface area contributed by atoms with Gasteiger partial charge in [0, 0.05) is 6.07 Å². The summed E-state index contributed by atoms with van der Waals surface area (Å²) in [7, 11) is -3.92. The van der Waals surface area contributed by atoms with Gasteiger partial charge in [-0.15, -0.1) is 11.3 Å². The van der Waals surface area contributed by atoms with E-state index in [1.165, 1.54) is 12.1 Å². The van der Waals surface area contributed by atoms with Crippen molar-refractivity contribution < 1.29 is 17.9 Å². The van der Waals surface area contributed by atoms with E-state index < -0.39 is 15.8 Å². The van der Waals surface area contributed by atoms with E-state index in [1.54, 1.807) is 0 Å². The van der Waals surface area contributed by atoms with Crippen LogP contribution in [0.5, 0.6) is 5.75 Å². The highest BCUT2D eigenvalue weighted by molar-refractivity contribution is 9.11. The van der Waals surface area contributed by atoms with Gasteiger partial charge in [-0.3, -0.25) is 4.72 Å². The molecule has 2 N–H and O–H groups in total. The monoisotopic (exact) mass is 385 g/mol. The van der Waals surface area contributed by atoms with E-state index in [1.807, 2.05) is 0 Å². The lowest BCUT2D eigenvalue weighted by Gasteiger charge is -2.07. The maximum absolute atomic E-state index is 13.5. The van der Waals surface area contributed by atoms with Gasteiger partial charge in [-0.1, -0.05) is 11.6 Å². The van der Waals surface area contributed by atoms with Gasteiger partial charge in [-0.25, -0.2) is 12.8 Å². The van der Waals surface area contributed by atoms with Crippen molar-refractivity contribution in [2.45, 2.75) is 4.21 Å². The third-order valence-corrected chi connectivity index (χ3v) is 6.40. The molecule has 0 aliphatic heterocycles. The van der Waals surface area contributed by atoms with Crippen LogP contribution in [0.4, 0.5) is 10.1 Å². The zero-order valence-corrected chi connectivity index (χ0v) is 13.0. The highest BCUT2D eigenvalue weighted by Crippen LogP contribution is 2.35. The summed E-state index contributed by atoms with van der Waals surface area (Å²) in [5.41, 5.74) is -0.251. The van der Waals surface area contributed by atoms with E-state index in [9.17, 15) is 12.8 Å². The number of benzene rings is 1. The van der Waals surface area contributed by atoms with Crippen LogP contribution in [0.25, 0.3) is 0 Å². The van der Waals surface area contributed by atoms with Crippen LogP contribution >= 0.6 is 38.9 Å². The van der Waals surface area contributed by atoms with Gasteiger partial charge < -0.3 is 5.11 Å². The van der Waals surface area contributed by atoms with E-state index in [0.717, 1.165) is 23.5 Å². The Kier molecular flexibility index (Phi) is 4.05. The molecule has 0 unspecified atom stereocenters. The van der Waals surface area contributed by atoms with Crippen LogP contribution in [0, 0.1) is 5.82 Å². The van der Waals surface area contributed by atoms with Gasteiger partial charge in [-0.05, 0) is 34.1 Å². The number of halogens is 3. The third kappa shape index (κ3) is 3.19. The molecule has 1 heterocycles. The number of phenols is 1. The Morgan fingerprint density at radius 2 is 2.05 bits per heavy atom. The summed E-state index contributed by atoms with van der Waals surface area (Å²) in [6, 6.07) is 4.39. The van der Waals surface area contributed by atoms with Crippen molar-refractivity contribution in [2.75, 3.05) is 4.72 Å². The average molecular weight is 387 g/mol. The molecule has 9 heteroatoms. The summed E-state index contributed by atoms with van der Waals surface area (Å²) < 4.78 is 40.0. The lowest BCUT2D eigenvalue weighted by molar-refractivity contribution is 0.469. The summed E-state index contributed by atoms with van der Waals surface area (Å²) in [5.74, 6) is -1.16. The van der Waals surface area contributed by atoms with Crippen molar-refractivity contribution in [3.05, 3.63) is 38.9 Å². The minimum atomic E-state index is -3.92. The topological polar surface area (TPSA) is 66.4 Å². The second-order valence-electron chi connectivity index (χ2n) is 3.46. The number of rotatable bonds is 3. The zero-order valence-electron chi connectivity index (χ0n) is 9.02. The van der Waals surface area contributed by atoms with E-state index in [4.69, 9.17) is 16.7 Å². The molecule has 0 radical (unpaired) electrons. The lowest BCUT2D eigenvalue weighted by Crippen LogP contribution is -2.12. The molecule has 0 fully saturated rings. The molecule has 0 bridgehead atoms. The Morgan fingerprint density at radius 1 is 1.37 bits per heavy atom. The van der Waals surface area contributed by atoms with E-state index in [0.29, 0.717) is 3.79 Å². The van der Waals surface area contributed by atoms with Crippen LogP contribution in [-0.2, 0) is 10.0 Å². The number of nitrogens with one attached hydrogen (secondary N) is 1. The minimum Gasteiger partial charge on any atom is -0.508 e. The largest absolute Gasteiger partial charge is 0.508 e. The fourth-order valence-electron chi connectivity index (χ4n) is 1.24. The Labute approximate surface area is 126 Å². The number of phenolic OH excluding ortho intramolecular Hbond substituents is 1. The van der Waals surface area contributed by atoms with Gasteiger partial charge in [0.05, 0.1) is 14.5 Å². The molecule has 0 aliphatic carbocycles. The number of anilines is 1. The van der Waals surface area contributed by atoms with Gasteiger partial charge in [0.2, 0.25) is 0 Å². The van der Waals surface area contributed by atoms with Crippen LogP contribution < -0.4 is 4.72 Å². The normalized spacial score (nSPS) is 11.5. The maximum atomic E-state index is 13.5. The first-order valence-electron chi connectivity index (χ1n) is 4.76. The van der Waals surface area contributed by atoms with Crippen molar-refractivity contribution in [1.82, 2.24) is 0 Å². The van der Waals surface area contributed by atoms with Gasteiger partial charge >= 0.3 is 0 Å². The van der Waals surface area contributed by atoms with Crippen molar-refractivity contribution >= 4 is 54.6 Å². The van der Waals surface area contributed by atoms with Crippen molar-refractivity contribution in [1.29, 1.82) is 0 Å². The minimum absolute atomic E-state index is 0.0446. The first-order valence-corrected chi connectivity index (χ1v) is 8.23. The zero-order chi connectivity index (χ0) is 14.2. The molecule has 4 nitrogen and oxygen atoms in total. The summed E-state index contributed by atoms with van der Waals surface area (Å²) in [6.45, 7) is 0. The van der Waals surface area contributed by atoms with Crippen LogP contribution in [0.3, 0.4) is 0 Å². The Hall–Kier alpha value is -0.830. The molecular weight excluding hydrogens is 381 g/mol. The fraction of sp³-hybridized carbons (Fsp3) is 0. The Bertz CT molecular complexity index is 713. The molecule has 0 aliphatic rings. The fourth-order valence-corrected chi connectivity index (χ4v) is 4.71. The van der Waals surface area contributed by atoms with Gasteiger partial charge in [-0.2, -0.15) is 0 Å². The van der Waals surface area contributed by atoms with Crippen molar-refractivity contribution in [3.8, 4) is 5.75 Å². The van der Waals surface area contributed by atoms with Gasteiger partial charge in [0.1, 0.15) is 9.96 Å². The van der Waals surface area contributed by atoms with Gasteiger partial charge in [0.15, 0.2) is 5.82 Å². The third-order valence-electron chi connectivity index (χ3n) is 2.08. The highest BCUT2D eigenvalue weighted by atomic mass is 79.9. The molecule has 1 aromatic carbocycles. The number of sulfonamides is 1. The molecule has 2 rings (SSSR count). The molecule has 0 saturated carbocycles. The number of aromatic hydroxyl groups is 1. The Morgan fingerprint density at radius 3 is 2.58 bits per heavy atom. The smallest absolute Gasteiger partial charge is 0.271 e. The van der Waals surface area contributed by atoms with E-state index in [-0.39, 0.29) is 20.7 Å². The van der Waals surface area contributed by atoms with Crippen molar-refractivity contribution in [2.24, 2.45) is 0 Å². The molecule has 1 aromatic heterocycles. The molecule has 2 aromatic rings. The molecule has 102 valence electrons. The Balaban J connectivity index is 2.36. The van der Waals surface area contributed by atoms with Crippen LogP contribution in [0.2, 0.25) is 5.02 Å². The maximum Gasteiger partial charge on any atom is 0.271 e. The standard InChI is InChI=1S/C10H6BrClFNO3S2/c11-10-6(12)4-9(18-10)19(16,17)14-8-2-1-5(15)3-7(8)13/h1-4,14-15H. The quantitative estimate of drug-likeness (QED) is 0.788. The summed E-state index contributed by atoms with van der Waals surface area (Å²) in [5, 5.41) is 9.31. The number of thiophene rings is 1. The number of hydrogen-bond donors (Lipinski definition) is 2. The van der Waals surface area contributed by atoms with Crippen LogP contribution in [0.15, 0.2) is 32.3 Å². The number of hydrogen-bond acceptors (Lipinski definition) is 4. The molecule has 0 spiro atoms. The summed E-state index contributed by atoms with van der Waals surface area (Å²) >= 11 is 9.77. The average Bonchev–Trinajstić information content (AvgIpc) is 2.64. The first-order chi connectivity index (χ1) is 8.79. The first kappa shape index (κ1) is 14.6. The summed E-state index contributed by atoms with van der Waals surface area (Å²) in [6.07, 6.45) is 0. The molecule has 19 heavy (non-hydrogen) atoms. The SMILES string of the molecule is O=S(=O)(Nc1ccc(O)cc1F)c1cc(Cl)c(Br)s1. The molecular formula is C10H6BrClFNO3S2. The second-order valence-corrected chi connectivity index (χ2v) is 8.14. The van der Waals surface area contributed by atoms with Gasteiger partial charge in [0.25, 0.3) is 10.0 Å². The van der Waals surface area contributed by atoms with Crippen molar-refractivity contribution in [3.63, 3.8) is 0 Å². The lowest BCUT2D eigenvalue weighted by atomic mass is 10.3. The highest BCUT2D eigenvalue weighted by Gasteiger charge is 2.20. The van der Waals surface area contributed by atoms with Crippen LogP contribution in [-0.4, -0.2) is 13.5 Å². The molecule has 0 saturated heterocycles.